The summed E-state index contributed by atoms with van der Waals surface area (Å²) in [5.74, 6) is 0.780. The summed E-state index contributed by atoms with van der Waals surface area (Å²) in [6.45, 7) is 0. The minimum atomic E-state index is 0.732. The Hall–Kier alpha value is -2.74. The van der Waals surface area contributed by atoms with Gasteiger partial charge in [-0.3, -0.25) is 0 Å². The van der Waals surface area contributed by atoms with Crippen molar-refractivity contribution in [1.82, 2.24) is 0 Å². The second kappa shape index (κ2) is 6.35. The van der Waals surface area contributed by atoms with Gasteiger partial charge in [0.25, 0.3) is 0 Å². The number of nitrogens with two attached hydrogens (primary N) is 1. The minimum absolute atomic E-state index is 0.732. The van der Waals surface area contributed by atoms with Crippen LogP contribution in [0.5, 0.6) is 5.75 Å². The summed E-state index contributed by atoms with van der Waals surface area (Å²) in [5.41, 5.74) is 11.6. The van der Waals surface area contributed by atoms with E-state index in [0.29, 0.717) is 0 Å². The van der Waals surface area contributed by atoms with Gasteiger partial charge < -0.3 is 10.5 Å². The smallest absolute Gasteiger partial charge is 0.120 e. The molecule has 0 aromatic heterocycles. The Kier molecular flexibility index (Phi) is 4.10. The molecule has 2 nitrogen and oxygen atoms in total. The number of benzene rings is 3. The van der Waals surface area contributed by atoms with Crippen molar-refractivity contribution in [2.45, 2.75) is 6.42 Å². The van der Waals surface area contributed by atoms with Crippen LogP contribution in [0.3, 0.4) is 0 Å². The van der Waals surface area contributed by atoms with Gasteiger partial charge in [-0.2, -0.15) is 0 Å². The van der Waals surface area contributed by atoms with Crippen LogP contribution in [0.15, 0.2) is 72.8 Å². The molecule has 0 aliphatic rings. The fraction of sp³-hybridized carbons (Fsp3) is 0.100. The predicted octanol–water partition coefficient (Wildman–Crippen LogP) is 4.54. The van der Waals surface area contributed by atoms with Gasteiger partial charge in [-0.1, -0.05) is 54.6 Å². The molecule has 0 fully saturated rings. The molecule has 0 unspecified atom stereocenters. The van der Waals surface area contributed by atoms with Crippen molar-refractivity contribution in [3.63, 3.8) is 0 Å². The van der Waals surface area contributed by atoms with Crippen molar-refractivity contribution in [1.29, 1.82) is 0 Å². The molecule has 0 aliphatic carbocycles. The third-order valence-corrected chi connectivity index (χ3v) is 3.77. The predicted molar refractivity (Wildman–Crippen MR) is 92.1 cm³/mol. The van der Waals surface area contributed by atoms with Crippen LogP contribution in [0.4, 0.5) is 5.69 Å². The lowest BCUT2D eigenvalue weighted by atomic mass is 9.99. The van der Waals surface area contributed by atoms with E-state index in [-0.39, 0.29) is 0 Å². The standard InChI is InChI=1S/C20H19NO/c1-22-18-11-12-19(20(21)14-18)17-9-7-16(8-10-17)13-15-5-3-2-4-6-15/h2-12,14H,13,21H2,1H3. The first-order valence-corrected chi connectivity index (χ1v) is 7.33. The van der Waals surface area contributed by atoms with E-state index >= 15 is 0 Å². The Morgan fingerprint density at radius 2 is 1.50 bits per heavy atom. The van der Waals surface area contributed by atoms with Crippen LogP contribution in [0.25, 0.3) is 11.1 Å². The molecule has 0 spiro atoms. The topological polar surface area (TPSA) is 35.2 Å². The van der Waals surface area contributed by atoms with E-state index in [9.17, 15) is 0 Å². The van der Waals surface area contributed by atoms with E-state index in [0.717, 1.165) is 29.0 Å². The Labute approximate surface area is 131 Å². The van der Waals surface area contributed by atoms with Crippen LogP contribution in [0.1, 0.15) is 11.1 Å². The fourth-order valence-electron chi connectivity index (χ4n) is 2.56. The average Bonchev–Trinajstić information content (AvgIpc) is 2.56. The molecule has 0 amide bonds. The van der Waals surface area contributed by atoms with Gasteiger partial charge in [-0.25, -0.2) is 0 Å². The van der Waals surface area contributed by atoms with Crippen LogP contribution in [-0.2, 0) is 6.42 Å². The molecular formula is C20H19NO. The number of rotatable bonds is 4. The van der Waals surface area contributed by atoms with Gasteiger partial charge in [0.15, 0.2) is 0 Å². The average molecular weight is 289 g/mol. The summed E-state index contributed by atoms with van der Waals surface area (Å²) in [4.78, 5) is 0. The highest BCUT2D eigenvalue weighted by Crippen LogP contribution is 2.29. The zero-order valence-corrected chi connectivity index (χ0v) is 12.6. The Balaban J connectivity index is 1.82. The van der Waals surface area contributed by atoms with Gasteiger partial charge in [-0.05, 0) is 35.2 Å². The summed E-state index contributed by atoms with van der Waals surface area (Å²) >= 11 is 0. The second-order valence-corrected chi connectivity index (χ2v) is 5.31. The molecule has 0 saturated carbocycles. The molecule has 3 aromatic carbocycles. The number of methoxy groups -OCH3 is 1. The van der Waals surface area contributed by atoms with Gasteiger partial charge >= 0.3 is 0 Å². The van der Waals surface area contributed by atoms with E-state index in [4.69, 9.17) is 10.5 Å². The lowest BCUT2D eigenvalue weighted by Gasteiger charge is -2.09. The van der Waals surface area contributed by atoms with E-state index in [1.807, 2.05) is 24.3 Å². The highest BCUT2D eigenvalue weighted by atomic mass is 16.5. The zero-order chi connectivity index (χ0) is 15.4. The molecule has 110 valence electrons. The van der Waals surface area contributed by atoms with Crippen molar-refractivity contribution in [2.75, 3.05) is 12.8 Å². The van der Waals surface area contributed by atoms with Crippen molar-refractivity contribution in [3.05, 3.63) is 83.9 Å². The Bertz CT molecular complexity index is 748. The van der Waals surface area contributed by atoms with Gasteiger partial charge in [-0.15, -0.1) is 0 Å². The second-order valence-electron chi connectivity index (χ2n) is 5.31. The van der Waals surface area contributed by atoms with Gasteiger partial charge in [0.1, 0.15) is 5.75 Å². The Morgan fingerprint density at radius 3 is 2.14 bits per heavy atom. The summed E-state index contributed by atoms with van der Waals surface area (Å²) in [5, 5.41) is 0. The van der Waals surface area contributed by atoms with Crippen molar-refractivity contribution >= 4 is 5.69 Å². The first kappa shape index (κ1) is 14.2. The maximum absolute atomic E-state index is 6.11. The molecule has 0 aliphatic heterocycles. The Morgan fingerprint density at radius 1 is 0.818 bits per heavy atom. The number of hydrogen-bond donors (Lipinski definition) is 1. The molecule has 2 N–H and O–H groups in total. The summed E-state index contributed by atoms with van der Waals surface area (Å²) in [7, 11) is 1.65. The maximum Gasteiger partial charge on any atom is 0.120 e. The van der Waals surface area contributed by atoms with Crippen LogP contribution in [0.2, 0.25) is 0 Å². The molecule has 3 rings (SSSR count). The van der Waals surface area contributed by atoms with Gasteiger partial charge in [0, 0.05) is 17.3 Å². The molecule has 0 atom stereocenters. The monoisotopic (exact) mass is 289 g/mol. The molecular weight excluding hydrogens is 270 g/mol. The highest BCUT2D eigenvalue weighted by Gasteiger charge is 2.04. The third kappa shape index (κ3) is 3.12. The first-order valence-electron chi connectivity index (χ1n) is 7.33. The molecule has 0 radical (unpaired) electrons. The summed E-state index contributed by atoms with van der Waals surface area (Å²) in [6, 6.07) is 24.8. The quantitative estimate of drug-likeness (QED) is 0.716. The zero-order valence-electron chi connectivity index (χ0n) is 12.6. The van der Waals surface area contributed by atoms with Crippen molar-refractivity contribution < 1.29 is 4.74 Å². The van der Waals surface area contributed by atoms with Crippen LogP contribution in [-0.4, -0.2) is 7.11 Å². The van der Waals surface area contributed by atoms with Crippen LogP contribution >= 0.6 is 0 Å². The van der Waals surface area contributed by atoms with E-state index in [1.54, 1.807) is 7.11 Å². The van der Waals surface area contributed by atoms with Gasteiger partial charge in [0.2, 0.25) is 0 Å². The van der Waals surface area contributed by atoms with Gasteiger partial charge in [0.05, 0.1) is 7.11 Å². The normalized spacial score (nSPS) is 10.4. The lowest BCUT2D eigenvalue weighted by molar-refractivity contribution is 0.415. The maximum atomic E-state index is 6.11. The van der Waals surface area contributed by atoms with E-state index in [1.165, 1.54) is 11.1 Å². The molecule has 0 saturated heterocycles. The first-order chi connectivity index (χ1) is 10.8. The van der Waals surface area contributed by atoms with Crippen molar-refractivity contribution in [2.24, 2.45) is 0 Å². The molecule has 22 heavy (non-hydrogen) atoms. The van der Waals surface area contributed by atoms with E-state index < -0.39 is 0 Å². The fourth-order valence-corrected chi connectivity index (χ4v) is 2.56. The number of anilines is 1. The summed E-state index contributed by atoms with van der Waals surface area (Å²) < 4.78 is 5.19. The number of hydrogen-bond acceptors (Lipinski definition) is 2. The molecule has 3 aromatic rings. The number of ether oxygens (including phenoxy) is 1. The number of nitrogen functional groups attached to an aromatic ring is 1. The highest BCUT2D eigenvalue weighted by molar-refractivity contribution is 5.77. The molecule has 0 heterocycles. The van der Waals surface area contributed by atoms with Crippen LogP contribution in [0, 0.1) is 0 Å². The third-order valence-electron chi connectivity index (χ3n) is 3.77. The van der Waals surface area contributed by atoms with Crippen LogP contribution < -0.4 is 10.5 Å². The molecule has 0 bridgehead atoms. The summed E-state index contributed by atoms with van der Waals surface area (Å²) in [6.07, 6.45) is 0.944. The SMILES string of the molecule is COc1ccc(-c2ccc(Cc3ccccc3)cc2)c(N)c1. The molecule has 2 heteroatoms. The largest absolute Gasteiger partial charge is 0.497 e. The van der Waals surface area contributed by atoms with E-state index in [2.05, 4.69) is 48.5 Å². The minimum Gasteiger partial charge on any atom is -0.497 e. The van der Waals surface area contributed by atoms with Crippen molar-refractivity contribution in [3.8, 4) is 16.9 Å². The lowest BCUT2D eigenvalue weighted by Crippen LogP contribution is -1.93.